The minimum absolute atomic E-state index is 0.112. The molecular formula is C20H24N2O2. The molecule has 1 N–H and O–H groups in total. The van der Waals surface area contributed by atoms with Gasteiger partial charge in [0.25, 0.3) is 0 Å². The molecule has 1 fully saturated rings. The Bertz CT molecular complexity index is 670. The van der Waals surface area contributed by atoms with Crippen molar-refractivity contribution in [3.05, 3.63) is 65.5 Å². The van der Waals surface area contributed by atoms with Crippen molar-refractivity contribution < 1.29 is 9.90 Å². The second-order valence-corrected chi connectivity index (χ2v) is 6.35. The molecule has 3 rings (SSSR count). The summed E-state index contributed by atoms with van der Waals surface area (Å²) >= 11 is 0. The van der Waals surface area contributed by atoms with Gasteiger partial charge in [-0.25, -0.2) is 0 Å². The largest absolute Gasteiger partial charge is 0.480 e. The van der Waals surface area contributed by atoms with Crippen LogP contribution in [-0.4, -0.2) is 33.5 Å². The number of hydrogen-bond acceptors (Lipinski definition) is 3. The fourth-order valence-electron chi connectivity index (χ4n) is 3.50. The van der Waals surface area contributed by atoms with Crippen LogP contribution in [0.3, 0.4) is 0 Å². The zero-order valence-electron chi connectivity index (χ0n) is 14.1. The molecule has 0 bridgehead atoms. The molecule has 4 heteroatoms. The number of carbonyl (C=O) groups is 1. The lowest BCUT2D eigenvalue weighted by atomic mass is 9.94. The number of aliphatic carboxylic acids is 1. The van der Waals surface area contributed by atoms with Crippen LogP contribution in [0.5, 0.6) is 0 Å². The molecule has 2 unspecified atom stereocenters. The van der Waals surface area contributed by atoms with Crippen LogP contribution in [0.1, 0.15) is 49.0 Å². The zero-order valence-corrected chi connectivity index (χ0v) is 14.1. The molecule has 1 aromatic heterocycles. The first kappa shape index (κ1) is 16.7. The Balaban J connectivity index is 2.02. The molecular weight excluding hydrogens is 300 g/mol. The van der Waals surface area contributed by atoms with E-state index in [2.05, 4.69) is 35.0 Å². The maximum Gasteiger partial charge on any atom is 0.320 e. The number of likely N-dealkylation sites (tertiary alicyclic amines) is 1. The molecule has 0 amide bonds. The maximum absolute atomic E-state index is 11.8. The van der Waals surface area contributed by atoms with E-state index in [4.69, 9.17) is 0 Å². The fourth-order valence-corrected chi connectivity index (χ4v) is 3.50. The minimum atomic E-state index is -0.735. The number of pyridine rings is 1. The van der Waals surface area contributed by atoms with E-state index in [9.17, 15) is 9.90 Å². The maximum atomic E-state index is 11.8. The highest BCUT2D eigenvalue weighted by Crippen LogP contribution is 2.33. The first-order chi connectivity index (χ1) is 11.7. The Hall–Kier alpha value is -2.20. The number of aromatic nitrogens is 1. The summed E-state index contributed by atoms with van der Waals surface area (Å²) in [6.07, 6.45) is 5.55. The van der Waals surface area contributed by atoms with Crippen molar-refractivity contribution in [1.82, 2.24) is 9.88 Å². The molecule has 4 nitrogen and oxygen atoms in total. The van der Waals surface area contributed by atoms with Crippen molar-refractivity contribution in [2.45, 2.75) is 44.7 Å². The quantitative estimate of drug-likeness (QED) is 0.912. The highest BCUT2D eigenvalue weighted by Gasteiger charge is 2.35. The summed E-state index contributed by atoms with van der Waals surface area (Å²) in [5.41, 5.74) is 3.22. The van der Waals surface area contributed by atoms with Gasteiger partial charge in [0.15, 0.2) is 0 Å². The van der Waals surface area contributed by atoms with Crippen molar-refractivity contribution in [3.63, 3.8) is 0 Å². The lowest BCUT2D eigenvalue weighted by molar-refractivity contribution is -0.145. The molecule has 126 valence electrons. The van der Waals surface area contributed by atoms with Crippen molar-refractivity contribution >= 4 is 5.97 Å². The molecule has 24 heavy (non-hydrogen) atoms. The van der Waals surface area contributed by atoms with Gasteiger partial charge < -0.3 is 5.11 Å². The first-order valence-electron chi connectivity index (χ1n) is 8.69. The summed E-state index contributed by atoms with van der Waals surface area (Å²) in [5.74, 6) is -0.735. The molecule has 1 aliphatic heterocycles. The first-order valence-corrected chi connectivity index (χ1v) is 8.69. The number of carboxylic acids is 1. The number of hydrogen-bond donors (Lipinski definition) is 1. The van der Waals surface area contributed by atoms with Crippen LogP contribution in [0.4, 0.5) is 0 Å². The Morgan fingerprint density at radius 3 is 2.67 bits per heavy atom. The predicted octanol–water partition coefficient (Wildman–Crippen LogP) is 3.67. The van der Waals surface area contributed by atoms with E-state index in [1.807, 2.05) is 30.5 Å². The van der Waals surface area contributed by atoms with Gasteiger partial charge in [0.05, 0.1) is 11.7 Å². The van der Waals surface area contributed by atoms with E-state index in [1.165, 1.54) is 5.56 Å². The van der Waals surface area contributed by atoms with Gasteiger partial charge >= 0.3 is 5.97 Å². The molecule has 2 aromatic rings. The molecule has 0 aliphatic carbocycles. The van der Waals surface area contributed by atoms with Crippen LogP contribution in [0, 0.1) is 0 Å². The van der Waals surface area contributed by atoms with Gasteiger partial charge in [-0.05, 0) is 43.0 Å². The third-order valence-corrected chi connectivity index (χ3v) is 4.81. The number of aryl methyl sites for hydroxylation is 1. The van der Waals surface area contributed by atoms with Crippen LogP contribution in [0.2, 0.25) is 0 Å². The van der Waals surface area contributed by atoms with Gasteiger partial charge in [-0.3, -0.25) is 14.7 Å². The van der Waals surface area contributed by atoms with Gasteiger partial charge in [0.1, 0.15) is 6.04 Å². The highest BCUT2D eigenvalue weighted by atomic mass is 16.4. The van der Waals surface area contributed by atoms with E-state index in [0.717, 1.165) is 37.1 Å². The normalized spacial score (nSPS) is 19.8. The molecule has 0 radical (unpaired) electrons. The number of piperidine rings is 1. The third-order valence-electron chi connectivity index (χ3n) is 4.81. The SMILES string of the molecule is CCc1ccc(C(c2ccccc2)N2CCCCC2C(=O)O)nc1. The lowest BCUT2D eigenvalue weighted by Gasteiger charge is -2.39. The fraction of sp³-hybridized carbons (Fsp3) is 0.400. The van der Waals surface area contributed by atoms with Gasteiger partial charge in [0.2, 0.25) is 0 Å². The summed E-state index contributed by atoms with van der Waals surface area (Å²) in [5, 5.41) is 9.67. The van der Waals surface area contributed by atoms with Gasteiger partial charge in [-0.15, -0.1) is 0 Å². The monoisotopic (exact) mass is 324 g/mol. The molecule has 1 aromatic carbocycles. The summed E-state index contributed by atoms with van der Waals surface area (Å²) in [6.45, 7) is 2.89. The topological polar surface area (TPSA) is 53.4 Å². The van der Waals surface area contributed by atoms with Crippen molar-refractivity contribution in [2.75, 3.05) is 6.54 Å². The lowest BCUT2D eigenvalue weighted by Crippen LogP contribution is -2.47. The van der Waals surface area contributed by atoms with Gasteiger partial charge in [0, 0.05) is 6.20 Å². The second-order valence-electron chi connectivity index (χ2n) is 6.35. The molecule has 0 saturated carbocycles. The van der Waals surface area contributed by atoms with Gasteiger partial charge in [-0.2, -0.15) is 0 Å². The predicted molar refractivity (Wildman–Crippen MR) is 93.9 cm³/mol. The van der Waals surface area contributed by atoms with Crippen LogP contribution < -0.4 is 0 Å². The Labute approximate surface area is 143 Å². The molecule has 0 spiro atoms. The average molecular weight is 324 g/mol. The van der Waals surface area contributed by atoms with Gasteiger partial charge in [-0.1, -0.05) is 49.7 Å². The average Bonchev–Trinajstić information content (AvgIpc) is 2.64. The molecule has 2 heterocycles. The number of rotatable bonds is 5. The van der Waals surface area contributed by atoms with E-state index in [-0.39, 0.29) is 6.04 Å². The molecule has 1 aliphatic rings. The summed E-state index contributed by atoms with van der Waals surface area (Å²) in [6, 6.07) is 13.7. The number of benzene rings is 1. The van der Waals surface area contributed by atoms with E-state index in [1.54, 1.807) is 0 Å². The highest BCUT2D eigenvalue weighted by molar-refractivity contribution is 5.73. The van der Waals surface area contributed by atoms with E-state index < -0.39 is 12.0 Å². The minimum Gasteiger partial charge on any atom is -0.480 e. The Kier molecular flexibility index (Phi) is 5.26. The van der Waals surface area contributed by atoms with Crippen molar-refractivity contribution in [2.24, 2.45) is 0 Å². The third kappa shape index (κ3) is 3.49. The smallest absolute Gasteiger partial charge is 0.320 e. The van der Waals surface area contributed by atoms with Crippen LogP contribution in [0.25, 0.3) is 0 Å². The van der Waals surface area contributed by atoms with Crippen LogP contribution >= 0.6 is 0 Å². The summed E-state index contributed by atoms with van der Waals surface area (Å²) in [4.78, 5) is 18.5. The Morgan fingerprint density at radius 1 is 1.25 bits per heavy atom. The molecule has 2 atom stereocenters. The zero-order chi connectivity index (χ0) is 16.9. The summed E-state index contributed by atoms with van der Waals surface area (Å²) < 4.78 is 0. The summed E-state index contributed by atoms with van der Waals surface area (Å²) in [7, 11) is 0. The van der Waals surface area contributed by atoms with Crippen LogP contribution in [0.15, 0.2) is 48.7 Å². The number of nitrogens with zero attached hydrogens (tertiary/aromatic N) is 2. The standard InChI is InChI=1S/C20H24N2O2/c1-2-15-11-12-17(21-14-15)19(16-8-4-3-5-9-16)22-13-7-6-10-18(22)20(23)24/h3-5,8-9,11-12,14,18-19H,2,6-7,10,13H2,1H3,(H,23,24). The number of carboxylic acid groups (broad SMARTS) is 1. The van der Waals surface area contributed by atoms with E-state index in [0.29, 0.717) is 6.42 Å². The second kappa shape index (κ2) is 7.58. The Morgan fingerprint density at radius 2 is 2.04 bits per heavy atom. The molecule has 1 saturated heterocycles. The van der Waals surface area contributed by atoms with E-state index >= 15 is 0 Å². The van der Waals surface area contributed by atoms with Crippen molar-refractivity contribution in [3.8, 4) is 0 Å². The van der Waals surface area contributed by atoms with Crippen LogP contribution in [-0.2, 0) is 11.2 Å². The van der Waals surface area contributed by atoms with Crippen molar-refractivity contribution in [1.29, 1.82) is 0 Å².